The quantitative estimate of drug-likeness (QED) is 0.595. The van der Waals surface area contributed by atoms with Gasteiger partial charge in [0.05, 0.1) is 13.2 Å². The van der Waals surface area contributed by atoms with Crippen LogP contribution in [0.15, 0.2) is 18.2 Å². The molecule has 0 aliphatic rings. The van der Waals surface area contributed by atoms with Crippen LogP contribution >= 0.6 is 15.9 Å². The molecule has 0 saturated heterocycles. The van der Waals surface area contributed by atoms with Crippen LogP contribution in [0.1, 0.15) is 45.6 Å². The molecule has 0 amide bonds. The van der Waals surface area contributed by atoms with Crippen LogP contribution in [-0.2, 0) is 6.42 Å². The van der Waals surface area contributed by atoms with Crippen LogP contribution in [0.2, 0.25) is 0 Å². The minimum atomic E-state index is 0.611. The molecule has 1 atom stereocenters. The number of benzene rings is 1. The molecule has 0 aromatic heterocycles. The van der Waals surface area contributed by atoms with Gasteiger partial charge in [0.25, 0.3) is 0 Å². The first-order chi connectivity index (χ1) is 9.21. The van der Waals surface area contributed by atoms with Crippen LogP contribution < -0.4 is 9.47 Å². The van der Waals surface area contributed by atoms with Crippen LogP contribution in [0.3, 0.4) is 0 Å². The molecule has 0 saturated carbocycles. The van der Waals surface area contributed by atoms with Crippen molar-refractivity contribution in [1.29, 1.82) is 0 Å². The van der Waals surface area contributed by atoms with Crippen LogP contribution in [-0.4, -0.2) is 18.0 Å². The molecule has 0 aliphatic heterocycles. The van der Waals surface area contributed by atoms with E-state index >= 15 is 0 Å². The number of aryl methyl sites for hydroxylation is 1. The van der Waals surface area contributed by atoms with Crippen LogP contribution in [0.25, 0.3) is 0 Å². The SMILES string of the molecule is CCCC(Br)CCc1ccc(OCC)c(OCC)c1. The van der Waals surface area contributed by atoms with E-state index in [0.717, 1.165) is 24.3 Å². The molecule has 0 spiro atoms. The van der Waals surface area contributed by atoms with E-state index < -0.39 is 0 Å². The highest BCUT2D eigenvalue weighted by atomic mass is 79.9. The van der Waals surface area contributed by atoms with Gasteiger partial charge in [-0.05, 0) is 50.8 Å². The molecule has 1 unspecified atom stereocenters. The van der Waals surface area contributed by atoms with Crippen LogP contribution in [0, 0.1) is 0 Å². The first-order valence-electron chi connectivity index (χ1n) is 7.23. The zero-order valence-corrected chi connectivity index (χ0v) is 13.8. The highest BCUT2D eigenvalue weighted by Crippen LogP contribution is 2.29. The standard InChI is InChI=1S/C16H25BrO2/c1-4-7-14(17)10-8-13-9-11-15(18-5-2)16(12-13)19-6-3/h9,11-12,14H,4-8,10H2,1-3H3. The lowest BCUT2D eigenvalue weighted by Gasteiger charge is -2.13. The van der Waals surface area contributed by atoms with Crippen LogP contribution in [0.4, 0.5) is 0 Å². The summed E-state index contributed by atoms with van der Waals surface area (Å²) in [5.74, 6) is 1.71. The van der Waals surface area contributed by atoms with E-state index in [1.165, 1.54) is 18.4 Å². The molecule has 2 nitrogen and oxygen atoms in total. The summed E-state index contributed by atoms with van der Waals surface area (Å²) in [4.78, 5) is 0.611. The Bertz CT molecular complexity index is 366. The second-order valence-corrected chi connectivity index (χ2v) is 5.87. The predicted octanol–water partition coefficient (Wildman–Crippen LogP) is 4.98. The highest BCUT2D eigenvalue weighted by molar-refractivity contribution is 9.09. The Kier molecular flexibility index (Phi) is 7.96. The molecule has 0 heterocycles. The second-order valence-electron chi connectivity index (χ2n) is 4.57. The average Bonchev–Trinajstić information content (AvgIpc) is 2.40. The Balaban J connectivity index is 2.66. The van der Waals surface area contributed by atoms with Gasteiger partial charge in [0, 0.05) is 4.83 Å². The van der Waals surface area contributed by atoms with Crippen molar-refractivity contribution in [3.8, 4) is 11.5 Å². The molecule has 1 aromatic carbocycles. The summed E-state index contributed by atoms with van der Waals surface area (Å²) >= 11 is 3.73. The van der Waals surface area contributed by atoms with E-state index in [0.29, 0.717) is 18.0 Å². The maximum Gasteiger partial charge on any atom is 0.161 e. The summed E-state index contributed by atoms with van der Waals surface area (Å²) in [7, 11) is 0. The fraction of sp³-hybridized carbons (Fsp3) is 0.625. The van der Waals surface area contributed by atoms with Gasteiger partial charge in [-0.3, -0.25) is 0 Å². The number of hydrogen-bond acceptors (Lipinski definition) is 2. The van der Waals surface area contributed by atoms with E-state index in [2.05, 4.69) is 35.0 Å². The Hall–Kier alpha value is -0.700. The monoisotopic (exact) mass is 328 g/mol. The molecule has 0 radical (unpaired) electrons. The van der Waals surface area contributed by atoms with E-state index in [1.54, 1.807) is 0 Å². The maximum absolute atomic E-state index is 5.65. The van der Waals surface area contributed by atoms with E-state index in [1.807, 2.05) is 19.9 Å². The van der Waals surface area contributed by atoms with Gasteiger partial charge < -0.3 is 9.47 Å². The fourth-order valence-corrected chi connectivity index (χ4v) is 2.72. The number of hydrogen-bond donors (Lipinski definition) is 0. The van der Waals surface area contributed by atoms with Crippen molar-refractivity contribution < 1.29 is 9.47 Å². The number of halogens is 1. The third kappa shape index (κ3) is 5.85. The maximum atomic E-state index is 5.65. The van der Waals surface area contributed by atoms with E-state index in [9.17, 15) is 0 Å². The Morgan fingerprint density at radius 2 is 1.68 bits per heavy atom. The number of alkyl halides is 1. The molecule has 0 fully saturated rings. The molecule has 108 valence electrons. The van der Waals surface area contributed by atoms with Gasteiger partial charge in [0.15, 0.2) is 11.5 Å². The first kappa shape index (κ1) is 16.4. The number of ether oxygens (including phenoxy) is 2. The smallest absolute Gasteiger partial charge is 0.161 e. The zero-order valence-electron chi connectivity index (χ0n) is 12.2. The Morgan fingerprint density at radius 1 is 1.00 bits per heavy atom. The van der Waals surface area contributed by atoms with Gasteiger partial charge in [-0.25, -0.2) is 0 Å². The minimum absolute atomic E-state index is 0.611. The highest BCUT2D eigenvalue weighted by Gasteiger charge is 2.08. The third-order valence-corrected chi connectivity index (χ3v) is 3.87. The second kappa shape index (κ2) is 9.24. The summed E-state index contributed by atoms with van der Waals surface area (Å²) in [5, 5.41) is 0. The van der Waals surface area contributed by atoms with Crippen LogP contribution in [0.5, 0.6) is 11.5 Å². The molecule has 0 bridgehead atoms. The Labute approximate surface area is 125 Å². The lowest BCUT2D eigenvalue weighted by molar-refractivity contribution is 0.287. The average molecular weight is 329 g/mol. The summed E-state index contributed by atoms with van der Waals surface area (Å²) in [6, 6.07) is 6.27. The molecule has 19 heavy (non-hydrogen) atoms. The summed E-state index contributed by atoms with van der Waals surface area (Å²) in [6.45, 7) is 7.54. The Morgan fingerprint density at radius 3 is 2.32 bits per heavy atom. The number of rotatable bonds is 9. The summed E-state index contributed by atoms with van der Waals surface area (Å²) in [6.07, 6.45) is 4.69. The van der Waals surface area contributed by atoms with Gasteiger partial charge >= 0.3 is 0 Å². The first-order valence-corrected chi connectivity index (χ1v) is 8.15. The molecule has 1 rings (SSSR count). The normalized spacial score (nSPS) is 12.2. The van der Waals surface area contributed by atoms with Crippen molar-refractivity contribution in [3.63, 3.8) is 0 Å². The van der Waals surface area contributed by atoms with E-state index in [-0.39, 0.29) is 0 Å². The minimum Gasteiger partial charge on any atom is -0.490 e. The summed E-state index contributed by atoms with van der Waals surface area (Å²) in [5.41, 5.74) is 1.31. The van der Waals surface area contributed by atoms with Crippen molar-refractivity contribution in [2.45, 2.75) is 51.3 Å². The van der Waals surface area contributed by atoms with Crippen molar-refractivity contribution in [1.82, 2.24) is 0 Å². The molecular formula is C16H25BrO2. The van der Waals surface area contributed by atoms with Crippen molar-refractivity contribution in [2.24, 2.45) is 0 Å². The third-order valence-electron chi connectivity index (χ3n) is 2.96. The van der Waals surface area contributed by atoms with Gasteiger partial charge in [0.1, 0.15) is 0 Å². The van der Waals surface area contributed by atoms with Crippen molar-refractivity contribution in [2.75, 3.05) is 13.2 Å². The van der Waals surface area contributed by atoms with E-state index in [4.69, 9.17) is 9.47 Å². The predicted molar refractivity (Wildman–Crippen MR) is 84.7 cm³/mol. The van der Waals surface area contributed by atoms with Gasteiger partial charge in [-0.15, -0.1) is 0 Å². The molecule has 3 heteroatoms. The van der Waals surface area contributed by atoms with Crippen molar-refractivity contribution in [3.05, 3.63) is 23.8 Å². The fourth-order valence-electron chi connectivity index (χ4n) is 2.03. The van der Waals surface area contributed by atoms with Gasteiger partial charge in [-0.2, -0.15) is 0 Å². The van der Waals surface area contributed by atoms with Gasteiger partial charge in [-0.1, -0.05) is 35.3 Å². The largest absolute Gasteiger partial charge is 0.490 e. The molecule has 0 N–H and O–H groups in total. The van der Waals surface area contributed by atoms with Gasteiger partial charge in [0.2, 0.25) is 0 Å². The molecular weight excluding hydrogens is 304 g/mol. The lowest BCUT2D eigenvalue weighted by Crippen LogP contribution is -2.02. The zero-order chi connectivity index (χ0) is 14.1. The molecule has 0 aliphatic carbocycles. The lowest BCUT2D eigenvalue weighted by atomic mass is 10.1. The van der Waals surface area contributed by atoms with Crippen molar-refractivity contribution >= 4 is 15.9 Å². The topological polar surface area (TPSA) is 18.5 Å². The summed E-state index contributed by atoms with van der Waals surface area (Å²) < 4.78 is 11.2. The molecule has 1 aromatic rings.